The van der Waals surface area contributed by atoms with Crippen LogP contribution in [0.25, 0.3) is 0 Å². The normalized spacial score (nSPS) is 20.9. The molecule has 0 aromatic carbocycles. The standard InChI is InChI=1S/C16H25N5O2/c1-16(2)7-3-4-11-12(16)19-14(17)20-13(11)18-10-5-8-21(9-6-10)15(22)23/h10H,3-9H2,1-2H3,(H,22,23)(H3,17,18,19,20). The van der Waals surface area contributed by atoms with Crippen molar-refractivity contribution < 1.29 is 9.90 Å². The van der Waals surface area contributed by atoms with Gasteiger partial charge in [-0.3, -0.25) is 0 Å². The summed E-state index contributed by atoms with van der Waals surface area (Å²) in [5.41, 5.74) is 8.18. The first-order valence-electron chi connectivity index (χ1n) is 8.28. The average Bonchev–Trinajstić information content (AvgIpc) is 2.48. The van der Waals surface area contributed by atoms with Crippen molar-refractivity contribution in [1.82, 2.24) is 14.9 Å². The van der Waals surface area contributed by atoms with E-state index in [1.165, 1.54) is 10.5 Å². The van der Waals surface area contributed by atoms with E-state index in [0.29, 0.717) is 19.0 Å². The van der Waals surface area contributed by atoms with Gasteiger partial charge in [-0.15, -0.1) is 0 Å². The third-order valence-corrected chi connectivity index (χ3v) is 5.00. The Morgan fingerprint density at radius 1 is 1.35 bits per heavy atom. The van der Waals surface area contributed by atoms with Gasteiger partial charge in [0.1, 0.15) is 5.82 Å². The Balaban J connectivity index is 1.79. The molecular formula is C16H25N5O2. The van der Waals surface area contributed by atoms with Crippen LogP contribution in [0.5, 0.6) is 0 Å². The van der Waals surface area contributed by atoms with Crippen LogP contribution in [0.1, 0.15) is 50.8 Å². The minimum Gasteiger partial charge on any atom is -0.465 e. The molecule has 23 heavy (non-hydrogen) atoms. The van der Waals surface area contributed by atoms with E-state index in [0.717, 1.165) is 43.6 Å². The minimum atomic E-state index is -0.839. The maximum Gasteiger partial charge on any atom is 0.407 e. The van der Waals surface area contributed by atoms with Gasteiger partial charge in [-0.2, -0.15) is 4.98 Å². The lowest BCUT2D eigenvalue weighted by Crippen LogP contribution is -2.42. The summed E-state index contributed by atoms with van der Waals surface area (Å²) in [7, 11) is 0. The van der Waals surface area contributed by atoms with Gasteiger partial charge in [-0.1, -0.05) is 13.8 Å². The van der Waals surface area contributed by atoms with Crippen LogP contribution in [0.2, 0.25) is 0 Å². The van der Waals surface area contributed by atoms with E-state index in [1.54, 1.807) is 0 Å². The number of likely N-dealkylation sites (tertiary alicyclic amines) is 1. The molecular weight excluding hydrogens is 294 g/mol. The number of carboxylic acid groups (broad SMARTS) is 1. The number of piperidine rings is 1. The van der Waals surface area contributed by atoms with Crippen molar-refractivity contribution in [3.8, 4) is 0 Å². The van der Waals surface area contributed by atoms with E-state index < -0.39 is 6.09 Å². The number of amides is 1. The summed E-state index contributed by atoms with van der Waals surface area (Å²) < 4.78 is 0. The summed E-state index contributed by atoms with van der Waals surface area (Å²) in [5, 5.41) is 12.5. The Kier molecular flexibility index (Phi) is 4.04. The second-order valence-electron chi connectivity index (χ2n) is 7.18. The second kappa shape index (κ2) is 5.86. The molecule has 0 unspecified atom stereocenters. The van der Waals surface area contributed by atoms with E-state index in [4.69, 9.17) is 10.8 Å². The molecule has 0 bridgehead atoms. The Morgan fingerprint density at radius 3 is 2.70 bits per heavy atom. The van der Waals surface area contributed by atoms with E-state index in [-0.39, 0.29) is 11.5 Å². The number of aromatic nitrogens is 2. The average molecular weight is 319 g/mol. The first-order chi connectivity index (χ1) is 10.9. The van der Waals surface area contributed by atoms with Gasteiger partial charge in [0.05, 0.1) is 5.69 Å². The number of nitrogens with one attached hydrogen (secondary N) is 1. The van der Waals surface area contributed by atoms with E-state index in [1.807, 2.05) is 0 Å². The summed E-state index contributed by atoms with van der Waals surface area (Å²) in [6.07, 6.45) is 3.93. The molecule has 2 heterocycles. The topological polar surface area (TPSA) is 104 Å². The maximum atomic E-state index is 11.0. The van der Waals surface area contributed by atoms with E-state index in [2.05, 4.69) is 29.1 Å². The van der Waals surface area contributed by atoms with Gasteiger partial charge in [-0.25, -0.2) is 9.78 Å². The van der Waals surface area contributed by atoms with E-state index >= 15 is 0 Å². The molecule has 1 amide bonds. The third kappa shape index (κ3) is 3.18. The molecule has 1 aromatic heterocycles. The Bertz CT molecular complexity index is 609. The number of nitrogens with zero attached hydrogens (tertiary/aromatic N) is 3. The van der Waals surface area contributed by atoms with Crippen molar-refractivity contribution >= 4 is 17.9 Å². The fourth-order valence-electron chi connectivity index (χ4n) is 3.65. The van der Waals surface area contributed by atoms with Crippen molar-refractivity contribution in [1.29, 1.82) is 0 Å². The van der Waals surface area contributed by atoms with Crippen LogP contribution in [0, 0.1) is 0 Å². The molecule has 1 aromatic rings. The summed E-state index contributed by atoms with van der Waals surface area (Å²) in [6.45, 7) is 5.52. The number of hydrogen-bond acceptors (Lipinski definition) is 5. The van der Waals surface area contributed by atoms with Gasteiger partial charge in [0.15, 0.2) is 0 Å². The van der Waals surface area contributed by atoms with E-state index in [9.17, 15) is 4.79 Å². The van der Waals surface area contributed by atoms with Gasteiger partial charge < -0.3 is 21.1 Å². The number of fused-ring (bicyclic) bond motifs is 1. The van der Waals surface area contributed by atoms with Crippen LogP contribution < -0.4 is 11.1 Å². The Morgan fingerprint density at radius 2 is 2.04 bits per heavy atom. The van der Waals surface area contributed by atoms with Crippen LogP contribution in [-0.4, -0.2) is 45.2 Å². The lowest BCUT2D eigenvalue weighted by molar-refractivity contribution is 0.133. The van der Waals surface area contributed by atoms with Gasteiger partial charge in [0, 0.05) is 30.1 Å². The van der Waals surface area contributed by atoms with Gasteiger partial charge in [-0.05, 0) is 32.1 Å². The molecule has 1 aliphatic heterocycles. The Labute approximate surface area is 136 Å². The highest BCUT2D eigenvalue weighted by Crippen LogP contribution is 2.38. The van der Waals surface area contributed by atoms with Crippen molar-refractivity contribution in [2.45, 2.75) is 57.4 Å². The van der Waals surface area contributed by atoms with Crippen molar-refractivity contribution in [2.75, 3.05) is 24.1 Å². The molecule has 7 nitrogen and oxygen atoms in total. The highest BCUT2D eigenvalue weighted by Gasteiger charge is 2.32. The number of nitrogens with two attached hydrogens (primary N) is 1. The molecule has 1 aliphatic carbocycles. The molecule has 4 N–H and O–H groups in total. The summed E-state index contributed by atoms with van der Waals surface area (Å²) in [5.74, 6) is 1.15. The quantitative estimate of drug-likeness (QED) is 0.772. The highest BCUT2D eigenvalue weighted by atomic mass is 16.4. The lowest BCUT2D eigenvalue weighted by atomic mass is 9.76. The fourth-order valence-corrected chi connectivity index (χ4v) is 3.65. The second-order valence-corrected chi connectivity index (χ2v) is 7.18. The number of rotatable bonds is 2. The van der Waals surface area contributed by atoms with Crippen molar-refractivity contribution in [2.24, 2.45) is 0 Å². The molecule has 0 radical (unpaired) electrons. The zero-order valence-corrected chi connectivity index (χ0v) is 13.8. The largest absolute Gasteiger partial charge is 0.465 e. The summed E-state index contributed by atoms with van der Waals surface area (Å²) in [4.78, 5) is 21.4. The van der Waals surface area contributed by atoms with Crippen LogP contribution in [0.3, 0.4) is 0 Å². The fraction of sp³-hybridized carbons (Fsp3) is 0.688. The van der Waals surface area contributed by atoms with Crippen LogP contribution >= 0.6 is 0 Å². The SMILES string of the molecule is CC1(C)CCCc2c(NC3CCN(C(=O)O)CC3)nc(N)nc21. The van der Waals surface area contributed by atoms with Gasteiger partial charge >= 0.3 is 6.09 Å². The van der Waals surface area contributed by atoms with Crippen LogP contribution in [0.15, 0.2) is 0 Å². The summed E-state index contributed by atoms with van der Waals surface area (Å²) in [6, 6.07) is 0.231. The summed E-state index contributed by atoms with van der Waals surface area (Å²) >= 11 is 0. The van der Waals surface area contributed by atoms with Crippen molar-refractivity contribution in [3.63, 3.8) is 0 Å². The zero-order valence-electron chi connectivity index (χ0n) is 13.8. The number of anilines is 2. The molecule has 0 saturated carbocycles. The minimum absolute atomic E-state index is 0.0216. The Hall–Kier alpha value is -2.05. The molecule has 0 spiro atoms. The smallest absolute Gasteiger partial charge is 0.407 e. The highest BCUT2D eigenvalue weighted by molar-refractivity contribution is 5.65. The van der Waals surface area contributed by atoms with Crippen molar-refractivity contribution in [3.05, 3.63) is 11.3 Å². The van der Waals surface area contributed by atoms with Gasteiger partial charge in [0.25, 0.3) is 0 Å². The first-order valence-corrected chi connectivity index (χ1v) is 8.28. The molecule has 2 aliphatic rings. The number of hydrogen-bond donors (Lipinski definition) is 3. The molecule has 1 fully saturated rings. The molecule has 7 heteroatoms. The molecule has 0 atom stereocenters. The third-order valence-electron chi connectivity index (χ3n) is 5.00. The van der Waals surface area contributed by atoms with Crippen LogP contribution in [-0.2, 0) is 11.8 Å². The molecule has 1 saturated heterocycles. The lowest BCUT2D eigenvalue weighted by Gasteiger charge is -2.34. The van der Waals surface area contributed by atoms with Gasteiger partial charge in [0.2, 0.25) is 5.95 Å². The molecule has 126 valence electrons. The predicted octanol–water partition coefficient (Wildman–Crippen LogP) is 2.23. The molecule has 3 rings (SSSR count). The maximum absolute atomic E-state index is 11.0. The zero-order chi connectivity index (χ0) is 16.6. The van der Waals surface area contributed by atoms with Crippen LogP contribution in [0.4, 0.5) is 16.6 Å². The number of carbonyl (C=O) groups is 1. The number of nitrogen functional groups attached to an aromatic ring is 1. The predicted molar refractivity (Wildman–Crippen MR) is 88.7 cm³/mol. The first kappa shape index (κ1) is 15.8. The monoisotopic (exact) mass is 319 g/mol.